The first-order valence-electron chi connectivity index (χ1n) is 11.5. The number of unbranched alkanes of at least 4 members (excludes halogenated alkanes) is 2. The first-order chi connectivity index (χ1) is 16.2. The molecule has 0 aromatic heterocycles. The number of carbonyl (C=O) groups is 3. The fourth-order valence-corrected chi connectivity index (χ4v) is 2.95. The molecule has 0 fully saturated rings. The molecule has 0 heterocycles. The normalized spacial score (nSPS) is 12.3. The van der Waals surface area contributed by atoms with Crippen molar-refractivity contribution < 1.29 is 29.0 Å². The van der Waals surface area contributed by atoms with Crippen LogP contribution >= 0.6 is 0 Å². The number of nitrogens with zero attached hydrogens (tertiary/aromatic N) is 2. The van der Waals surface area contributed by atoms with Crippen molar-refractivity contribution in [2.45, 2.75) is 57.0 Å². The molecule has 0 aromatic rings. The van der Waals surface area contributed by atoms with Gasteiger partial charge in [0.25, 0.3) is 0 Å². The minimum Gasteiger partial charge on any atom is -0.450 e. The minimum absolute atomic E-state index is 0.00235. The van der Waals surface area contributed by atoms with Crippen LogP contribution in [0.5, 0.6) is 0 Å². The van der Waals surface area contributed by atoms with Gasteiger partial charge in [-0.05, 0) is 51.6 Å². The standard InChI is InChI=1S/C20H42N8O6/c21-8-2-1-7-16(14-34-20(31)32)27-17(29)12-28(11-4-3-9-22)19(30)33-13-15(23)6-5-10-26-18(24)25/h15-16H,1-14,21-23H2,(H,27,29)(H,31,32)(H4,24,25,26)/t15-,16+/m0/s1. The zero-order valence-electron chi connectivity index (χ0n) is 19.8. The van der Waals surface area contributed by atoms with E-state index in [9.17, 15) is 14.4 Å². The highest BCUT2D eigenvalue weighted by Gasteiger charge is 2.21. The third-order valence-electron chi connectivity index (χ3n) is 4.70. The van der Waals surface area contributed by atoms with Gasteiger partial charge in [-0.2, -0.15) is 0 Å². The number of carboxylic acid groups (broad SMARTS) is 1. The number of ether oxygens (including phenoxy) is 2. The Morgan fingerprint density at radius 2 is 1.62 bits per heavy atom. The molecule has 14 nitrogen and oxygen atoms in total. The van der Waals surface area contributed by atoms with Crippen molar-refractivity contribution in [2.75, 3.05) is 45.9 Å². The van der Waals surface area contributed by atoms with Crippen molar-refractivity contribution >= 4 is 24.1 Å². The van der Waals surface area contributed by atoms with Crippen molar-refractivity contribution in [2.24, 2.45) is 33.7 Å². The molecule has 2 atom stereocenters. The molecule has 34 heavy (non-hydrogen) atoms. The molecule has 0 aliphatic carbocycles. The second-order valence-corrected chi connectivity index (χ2v) is 7.83. The predicted octanol–water partition coefficient (Wildman–Crippen LogP) is -1.15. The molecule has 198 valence electrons. The van der Waals surface area contributed by atoms with Gasteiger partial charge in [0, 0.05) is 19.1 Å². The third kappa shape index (κ3) is 17.7. The Labute approximate surface area is 200 Å². The lowest BCUT2D eigenvalue weighted by molar-refractivity contribution is -0.123. The zero-order chi connectivity index (χ0) is 25.8. The van der Waals surface area contributed by atoms with Gasteiger partial charge in [-0.15, -0.1) is 0 Å². The summed E-state index contributed by atoms with van der Waals surface area (Å²) in [6.07, 6.45) is 2.23. The molecule has 0 aliphatic rings. The summed E-state index contributed by atoms with van der Waals surface area (Å²) in [6.45, 7) is 1.15. The van der Waals surface area contributed by atoms with Gasteiger partial charge in [-0.3, -0.25) is 14.7 Å². The summed E-state index contributed by atoms with van der Waals surface area (Å²) in [5, 5.41) is 11.5. The zero-order valence-corrected chi connectivity index (χ0v) is 19.8. The lowest BCUT2D eigenvalue weighted by Gasteiger charge is -2.24. The molecule has 2 amide bonds. The lowest BCUT2D eigenvalue weighted by atomic mass is 10.1. The molecule has 0 spiro atoms. The maximum absolute atomic E-state index is 12.6. The summed E-state index contributed by atoms with van der Waals surface area (Å²) in [4.78, 5) is 41.0. The number of aliphatic imine (C=N–C) groups is 1. The van der Waals surface area contributed by atoms with Crippen LogP contribution in [0.3, 0.4) is 0 Å². The van der Waals surface area contributed by atoms with E-state index in [2.05, 4.69) is 15.0 Å². The predicted molar refractivity (Wildman–Crippen MR) is 128 cm³/mol. The average Bonchev–Trinajstić information content (AvgIpc) is 2.78. The van der Waals surface area contributed by atoms with E-state index in [1.165, 1.54) is 4.90 Å². The number of hydrogen-bond acceptors (Lipinski definition) is 9. The molecule has 12 N–H and O–H groups in total. The first kappa shape index (κ1) is 31.2. The van der Waals surface area contributed by atoms with E-state index < -0.39 is 30.2 Å². The molecule has 0 aromatic carbocycles. The monoisotopic (exact) mass is 490 g/mol. The Morgan fingerprint density at radius 3 is 2.24 bits per heavy atom. The van der Waals surface area contributed by atoms with Crippen LogP contribution in [-0.2, 0) is 14.3 Å². The fourth-order valence-electron chi connectivity index (χ4n) is 2.95. The highest BCUT2D eigenvalue weighted by molar-refractivity contribution is 5.82. The van der Waals surface area contributed by atoms with E-state index in [4.69, 9.17) is 38.5 Å². The van der Waals surface area contributed by atoms with Gasteiger partial charge in [-0.25, -0.2) is 9.59 Å². The number of nitrogens with two attached hydrogens (primary N) is 5. The van der Waals surface area contributed by atoms with E-state index in [-0.39, 0.29) is 32.3 Å². The SMILES string of the molecule is NCCCC[C@H](COC(=O)O)NC(=O)CN(CCCCN)C(=O)OC[C@@H](N)CCCN=C(N)N. The molecular formula is C20H42N8O6. The largest absolute Gasteiger partial charge is 0.505 e. The molecule has 0 bridgehead atoms. The molecule has 0 saturated carbocycles. The van der Waals surface area contributed by atoms with Gasteiger partial charge >= 0.3 is 12.2 Å². The summed E-state index contributed by atoms with van der Waals surface area (Å²) in [5.41, 5.74) is 27.5. The third-order valence-corrected chi connectivity index (χ3v) is 4.70. The number of guanidine groups is 1. The lowest BCUT2D eigenvalue weighted by Crippen LogP contribution is -2.46. The van der Waals surface area contributed by atoms with Crippen LogP contribution in [0, 0.1) is 0 Å². The Kier molecular flexibility index (Phi) is 18.0. The van der Waals surface area contributed by atoms with Crippen molar-refractivity contribution in [1.82, 2.24) is 10.2 Å². The van der Waals surface area contributed by atoms with Gasteiger partial charge in [0.1, 0.15) is 19.8 Å². The highest BCUT2D eigenvalue weighted by Crippen LogP contribution is 2.05. The number of rotatable bonds is 19. The average molecular weight is 491 g/mol. The molecule has 0 saturated heterocycles. The van der Waals surface area contributed by atoms with Crippen molar-refractivity contribution in [1.29, 1.82) is 0 Å². The topological polar surface area (TPSA) is 248 Å². The van der Waals surface area contributed by atoms with Gasteiger partial charge < -0.3 is 48.6 Å². The minimum atomic E-state index is -1.43. The van der Waals surface area contributed by atoms with Crippen LogP contribution in [0.15, 0.2) is 4.99 Å². The Bertz CT molecular complexity index is 618. The maximum atomic E-state index is 12.6. The molecule has 0 aliphatic heterocycles. The quantitative estimate of drug-likeness (QED) is 0.0493. The second kappa shape index (κ2) is 19.6. The number of carbonyl (C=O) groups excluding carboxylic acids is 2. The number of hydrogen-bond donors (Lipinski definition) is 7. The van der Waals surface area contributed by atoms with Crippen LogP contribution in [0.2, 0.25) is 0 Å². The van der Waals surface area contributed by atoms with Crippen molar-refractivity contribution in [3.05, 3.63) is 0 Å². The van der Waals surface area contributed by atoms with Crippen molar-refractivity contribution in [3.63, 3.8) is 0 Å². The maximum Gasteiger partial charge on any atom is 0.505 e. The molecule has 0 rings (SSSR count). The smallest absolute Gasteiger partial charge is 0.450 e. The first-order valence-corrected chi connectivity index (χ1v) is 11.5. The fraction of sp³-hybridized carbons (Fsp3) is 0.800. The Morgan fingerprint density at radius 1 is 0.941 bits per heavy atom. The number of nitrogens with one attached hydrogen (secondary N) is 1. The van der Waals surface area contributed by atoms with Gasteiger partial charge in [0.2, 0.25) is 5.91 Å². The Balaban J connectivity index is 4.80. The van der Waals surface area contributed by atoms with Crippen molar-refractivity contribution in [3.8, 4) is 0 Å². The summed E-state index contributed by atoms with van der Waals surface area (Å²) in [5.74, 6) is -0.458. The van der Waals surface area contributed by atoms with Gasteiger partial charge in [-0.1, -0.05) is 6.42 Å². The van der Waals surface area contributed by atoms with E-state index in [1.54, 1.807) is 0 Å². The second-order valence-electron chi connectivity index (χ2n) is 7.83. The van der Waals surface area contributed by atoms with Crippen LogP contribution in [0.1, 0.15) is 44.9 Å². The van der Waals surface area contributed by atoms with Crippen LogP contribution in [0.25, 0.3) is 0 Å². The van der Waals surface area contributed by atoms with Gasteiger partial charge in [0.05, 0.1) is 6.04 Å². The highest BCUT2D eigenvalue weighted by atomic mass is 16.7. The van der Waals surface area contributed by atoms with E-state index in [1.807, 2.05) is 0 Å². The van der Waals surface area contributed by atoms with Crippen LogP contribution in [-0.4, -0.2) is 92.1 Å². The van der Waals surface area contributed by atoms with E-state index in [0.717, 1.165) is 6.42 Å². The van der Waals surface area contributed by atoms with E-state index in [0.29, 0.717) is 58.2 Å². The molecule has 0 unspecified atom stereocenters. The van der Waals surface area contributed by atoms with Crippen LogP contribution < -0.4 is 34.0 Å². The molecule has 0 radical (unpaired) electrons. The summed E-state index contributed by atoms with van der Waals surface area (Å²) in [7, 11) is 0. The number of amides is 2. The molecular weight excluding hydrogens is 448 g/mol. The summed E-state index contributed by atoms with van der Waals surface area (Å²) in [6, 6.07) is -0.936. The van der Waals surface area contributed by atoms with Crippen LogP contribution in [0.4, 0.5) is 9.59 Å². The Hall–Kier alpha value is -2.84. The molecule has 14 heteroatoms. The van der Waals surface area contributed by atoms with Gasteiger partial charge in [0.15, 0.2) is 5.96 Å². The van der Waals surface area contributed by atoms with E-state index >= 15 is 0 Å². The summed E-state index contributed by atoms with van der Waals surface area (Å²) < 4.78 is 9.89. The summed E-state index contributed by atoms with van der Waals surface area (Å²) >= 11 is 0.